The number of aryl methyl sites for hydroxylation is 1. The zero-order chi connectivity index (χ0) is 13.1. The summed E-state index contributed by atoms with van der Waals surface area (Å²) in [5.41, 5.74) is 8.26. The van der Waals surface area contributed by atoms with Gasteiger partial charge in [-0.3, -0.25) is 0 Å². The minimum absolute atomic E-state index is 0.447. The lowest BCUT2D eigenvalue weighted by Crippen LogP contribution is -1.97. The monoisotopic (exact) mass is 281 g/mol. The number of rotatable bonds is 3. The van der Waals surface area contributed by atoms with Crippen molar-refractivity contribution in [1.82, 2.24) is 0 Å². The van der Waals surface area contributed by atoms with E-state index in [-0.39, 0.29) is 0 Å². The Labute approximate surface area is 116 Å². The molecule has 2 rings (SSSR count). The van der Waals surface area contributed by atoms with E-state index in [0.717, 1.165) is 21.9 Å². The predicted octanol–water partition coefficient (Wildman–Crippen LogP) is 4.46. The van der Waals surface area contributed by atoms with Crippen LogP contribution in [0.1, 0.15) is 11.1 Å². The van der Waals surface area contributed by atoms with Crippen LogP contribution in [-0.2, 0) is 6.61 Å². The van der Waals surface area contributed by atoms with Gasteiger partial charge in [0.1, 0.15) is 12.4 Å². The standard InChI is InChI=1S/C14H13Cl2NO/c1-9-6-11(3-5-12(9)15)18-8-10-2-4-13(16)14(17)7-10/h2-7H,8,17H2,1H3. The summed E-state index contributed by atoms with van der Waals surface area (Å²) in [7, 11) is 0. The molecule has 0 bridgehead atoms. The summed E-state index contributed by atoms with van der Waals surface area (Å²) in [6.45, 7) is 2.39. The number of anilines is 1. The van der Waals surface area contributed by atoms with Crippen molar-refractivity contribution in [3.63, 3.8) is 0 Å². The molecule has 0 spiro atoms. The van der Waals surface area contributed by atoms with Gasteiger partial charge in [-0.05, 0) is 48.4 Å². The lowest BCUT2D eigenvalue weighted by Gasteiger charge is -2.08. The molecule has 0 heterocycles. The van der Waals surface area contributed by atoms with Crippen molar-refractivity contribution in [1.29, 1.82) is 0 Å². The molecule has 0 atom stereocenters. The number of nitrogen functional groups attached to an aromatic ring is 1. The normalized spacial score (nSPS) is 10.4. The molecule has 2 aromatic rings. The van der Waals surface area contributed by atoms with E-state index in [1.807, 2.05) is 37.3 Å². The smallest absolute Gasteiger partial charge is 0.120 e. The second-order valence-electron chi connectivity index (χ2n) is 4.06. The zero-order valence-electron chi connectivity index (χ0n) is 9.91. The van der Waals surface area contributed by atoms with Crippen LogP contribution in [0.5, 0.6) is 5.75 Å². The van der Waals surface area contributed by atoms with Crippen LogP contribution in [-0.4, -0.2) is 0 Å². The van der Waals surface area contributed by atoms with Crippen LogP contribution in [0.25, 0.3) is 0 Å². The Morgan fingerprint density at radius 2 is 1.78 bits per heavy atom. The van der Waals surface area contributed by atoms with Gasteiger partial charge in [0.05, 0.1) is 10.7 Å². The molecule has 0 unspecified atom stereocenters. The van der Waals surface area contributed by atoms with Gasteiger partial charge in [-0.1, -0.05) is 29.3 Å². The fraction of sp³-hybridized carbons (Fsp3) is 0.143. The molecule has 2 aromatic carbocycles. The fourth-order valence-corrected chi connectivity index (χ4v) is 1.79. The topological polar surface area (TPSA) is 35.2 Å². The maximum atomic E-state index is 5.95. The number of hydrogen-bond acceptors (Lipinski definition) is 2. The average molecular weight is 282 g/mol. The number of nitrogens with two attached hydrogens (primary N) is 1. The van der Waals surface area contributed by atoms with Gasteiger partial charge < -0.3 is 10.5 Å². The molecule has 0 amide bonds. The third-order valence-corrected chi connectivity index (χ3v) is 3.36. The van der Waals surface area contributed by atoms with Gasteiger partial charge >= 0.3 is 0 Å². The Morgan fingerprint density at radius 3 is 2.44 bits per heavy atom. The van der Waals surface area contributed by atoms with Gasteiger partial charge in [-0.15, -0.1) is 0 Å². The van der Waals surface area contributed by atoms with Gasteiger partial charge in [-0.2, -0.15) is 0 Å². The molecule has 4 heteroatoms. The minimum Gasteiger partial charge on any atom is -0.489 e. The van der Waals surface area contributed by atoms with E-state index in [1.165, 1.54) is 0 Å². The fourth-order valence-electron chi connectivity index (χ4n) is 1.56. The highest BCUT2D eigenvalue weighted by Gasteiger charge is 2.01. The maximum Gasteiger partial charge on any atom is 0.120 e. The van der Waals surface area contributed by atoms with Crippen LogP contribution in [0.15, 0.2) is 36.4 Å². The van der Waals surface area contributed by atoms with Crippen LogP contribution >= 0.6 is 23.2 Å². The molecule has 0 aliphatic heterocycles. The predicted molar refractivity (Wildman–Crippen MR) is 76.4 cm³/mol. The molecule has 0 saturated heterocycles. The Morgan fingerprint density at radius 1 is 1.06 bits per heavy atom. The van der Waals surface area contributed by atoms with Crippen LogP contribution in [0.4, 0.5) is 5.69 Å². The Hall–Kier alpha value is -1.38. The molecule has 2 nitrogen and oxygen atoms in total. The number of hydrogen-bond donors (Lipinski definition) is 1. The van der Waals surface area contributed by atoms with Crippen molar-refractivity contribution < 1.29 is 4.74 Å². The average Bonchev–Trinajstić information content (AvgIpc) is 2.35. The second-order valence-corrected chi connectivity index (χ2v) is 4.87. The number of benzene rings is 2. The van der Waals surface area contributed by atoms with Crippen molar-refractivity contribution >= 4 is 28.9 Å². The van der Waals surface area contributed by atoms with E-state index in [0.29, 0.717) is 17.3 Å². The van der Waals surface area contributed by atoms with E-state index in [4.69, 9.17) is 33.7 Å². The molecule has 0 radical (unpaired) electrons. The van der Waals surface area contributed by atoms with Crippen LogP contribution in [0, 0.1) is 6.92 Å². The molecule has 18 heavy (non-hydrogen) atoms. The summed E-state index contributed by atoms with van der Waals surface area (Å²) in [5.74, 6) is 0.783. The lowest BCUT2D eigenvalue weighted by atomic mass is 10.2. The summed E-state index contributed by atoms with van der Waals surface area (Å²) in [5, 5.41) is 1.29. The minimum atomic E-state index is 0.447. The molecular weight excluding hydrogens is 269 g/mol. The molecule has 0 aliphatic carbocycles. The molecule has 0 aromatic heterocycles. The molecule has 94 valence electrons. The lowest BCUT2D eigenvalue weighted by molar-refractivity contribution is 0.306. The van der Waals surface area contributed by atoms with Crippen LogP contribution in [0.3, 0.4) is 0 Å². The summed E-state index contributed by atoms with van der Waals surface area (Å²) < 4.78 is 5.67. The van der Waals surface area contributed by atoms with E-state index in [2.05, 4.69) is 0 Å². The van der Waals surface area contributed by atoms with Gasteiger partial charge in [0, 0.05) is 5.02 Å². The first kappa shape index (κ1) is 13.1. The van der Waals surface area contributed by atoms with E-state index >= 15 is 0 Å². The Kier molecular flexibility index (Phi) is 4.00. The SMILES string of the molecule is Cc1cc(OCc2ccc(Cl)c(N)c2)ccc1Cl. The molecule has 2 N–H and O–H groups in total. The van der Waals surface area contributed by atoms with Crippen LogP contribution < -0.4 is 10.5 Å². The maximum absolute atomic E-state index is 5.95. The van der Waals surface area contributed by atoms with Crippen molar-refractivity contribution in [3.8, 4) is 5.75 Å². The quantitative estimate of drug-likeness (QED) is 0.843. The first-order valence-corrected chi connectivity index (χ1v) is 6.24. The van der Waals surface area contributed by atoms with Gasteiger partial charge in [-0.25, -0.2) is 0 Å². The summed E-state index contributed by atoms with van der Waals surface area (Å²) in [4.78, 5) is 0. The highest BCUT2D eigenvalue weighted by molar-refractivity contribution is 6.33. The van der Waals surface area contributed by atoms with Crippen molar-refractivity contribution in [2.75, 3.05) is 5.73 Å². The van der Waals surface area contributed by atoms with E-state index in [1.54, 1.807) is 6.07 Å². The molecule has 0 fully saturated rings. The number of ether oxygens (including phenoxy) is 1. The van der Waals surface area contributed by atoms with Gasteiger partial charge in [0.15, 0.2) is 0 Å². The third kappa shape index (κ3) is 3.09. The largest absolute Gasteiger partial charge is 0.489 e. The molecule has 0 saturated carbocycles. The van der Waals surface area contributed by atoms with Crippen molar-refractivity contribution in [2.24, 2.45) is 0 Å². The second kappa shape index (κ2) is 5.51. The zero-order valence-corrected chi connectivity index (χ0v) is 11.4. The summed E-state index contributed by atoms with van der Waals surface area (Å²) in [6, 6.07) is 11.0. The third-order valence-electron chi connectivity index (χ3n) is 2.60. The van der Waals surface area contributed by atoms with Gasteiger partial charge in [0.25, 0.3) is 0 Å². The van der Waals surface area contributed by atoms with Crippen LogP contribution in [0.2, 0.25) is 10.0 Å². The first-order chi connectivity index (χ1) is 8.56. The summed E-state index contributed by atoms with van der Waals surface area (Å²) in [6.07, 6.45) is 0. The number of halogens is 2. The highest BCUT2D eigenvalue weighted by Crippen LogP contribution is 2.23. The van der Waals surface area contributed by atoms with Crippen molar-refractivity contribution in [3.05, 3.63) is 57.6 Å². The summed E-state index contributed by atoms with van der Waals surface area (Å²) >= 11 is 11.8. The van der Waals surface area contributed by atoms with E-state index < -0.39 is 0 Å². The van der Waals surface area contributed by atoms with Gasteiger partial charge in [0.2, 0.25) is 0 Å². The first-order valence-electron chi connectivity index (χ1n) is 5.49. The van der Waals surface area contributed by atoms with E-state index in [9.17, 15) is 0 Å². The molecular formula is C14H13Cl2NO. The molecule has 0 aliphatic rings. The Balaban J connectivity index is 2.06. The van der Waals surface area contributed by atoms with Crippen molar-refractivity contribution in [2.45, 2.75) is 13.5 Å². The Bertz CT molecular complexity index is 518. The highest BCUT2D eigenvalue weighted by atomic mass is 35.5.